The third-order valence-electron chi connectivity index (χ3n) is 2.40. The van der Waals surface area contributed by atoms with Crippen LogP contribution in [-0.4, -0.2) is 31.3 Å². The third-order valence-corrected chi connectivity index (χ3v) is 2.40. The Bertz CT molecular complexity index is 324. The molecule has 6 heteroatoms. The highest BCUT2D eigenvalue weighted by molar-refractivity contribution is 5.66. The van der Waals surface area contributed by atoms with E-state index in [1.807, 2.05) is 0 Å². The van der Waals surface area contributed by atoms with Gasteiger partial charge in [-0.1, -0.05) is 26.2 Å². The largest absolute Gasteiger partial charge is 0.481 e. The summed E-state index contributed by atoms with van der Waals surface area (Å²) in [5, 5.41) is 19.8. The van der Waals surface area contributed by atoms with Gasteiger partial charge >= 0.3 is 5.97 Å². The highest BCUT2D eigenvalue weighted by Gasteiger charge is 2.07. The maximum atomic E-state index is 10.4. The fraction of sp³-hybridized carbons (Fsp3) is 0.800. The van der Waals surface area contributed by atoms with E-state index in [0.29, 0.717) is 6.54 Å². The normalized spacial score (nSPS) is 10.6. The van der Waals surface area contributed by atoms with Crippen molar-refractivity contribution in [3.63, 3.8) is 0 Å². The Hall–Kier alpha value is -1.46. The molecule has 0 spiro atoms. The first kappa shape index (κ1) is 12.6. The van der Waals surface area contributed by atoms with E-state index in [9.17, 15) is 4.79 Å². The number of tetrazole rings is 1. The minimum absolute atomic E-state index is 0.0625. The Morgan fingerprint density at radius 2 is 2.19 bits per heavy atom. The Morgan fingerprint density at radius 1 is 1.38 bits per heavy atom. The van der Waals surface area contributed by atoms with Gasteiger partial charge in [0.2, 0.25) is 0 Å². The van der Waals surface area contributed by atoms with E-state index in [4.69, 9.17) is 5.11 Å². The van der Waals surface area contributed by atoms with E-state index in [0.717, 1.165) is 18.7 Å². The molecule has 0 aliphatic rings. The van der Waals surface area contributed by atoms with Gasteiger partial charge in [-0.25, -0.2) is 4.68 Å². The van der Waals surface area contributed by atoms with Crippen LogP contribution >= 0.6 is 0 Å². The summed E-state index contributed by atoms with van der Waals surface area (Å²) < 4.78 is 1.58. The van der Waals surface area contributed by atoms with Crippen LogP contribution in [0.25, 0.3) is 0 Å². The zero-order valence-electron chi connectivity index (χ0n) is 9.59. The molecule has 0 fully saturated rings. The van der Waals surface area contributed by atoms with E-state index >= 15 is 0 Å². The fourth-order valence-corrected chi connectivity index (χ4v) is 1.49. The molecule has 0 aromatic carbocycles. The summed E-state index contributed by atoms with van der Waals surface area (Å²) in [5.41, 5.74) is 0. The van der Waals surface area contributed by atoms with E-state index in [2.05, 4.69) is 22.4 Å². The standard InChI is InChI=1S/C10H18N4O2/c1-2-3-4-5-6-9-11-12-13-14(9)8-7-10(15)16/h2-8H2,1H3,(H,15,16). The van der Waals surface area contributed by atoms with Gasteiger partial charge in [-0.05, 0) is 16.8 Å². The number of hydrogen-bond acceptors (Lipinski definition) is 4. The topological polar surface area (TPSA) is 80.9 Å². The molecule has 0 atom stereocenters. The van der Waals surface area contributed by atoms with Gasteiger partial charge in [0.15, 0.2) is 5.82 Å². The van der Waals surface area contributed by atoms with Gasteiger partial charge < -0.3 is 5.11 Å². The number of hydrogen-bond donors (Lipinski definition) is 1. The molecule has 0 bridgehead atoms. The first-order chi connectivity index (χ1) is 7.74. The quantitative estimate of drug-likeness (QED) is 0.675. The average molecular weight is 226 g/mol. The molecule has 0 aliphatic carbocycles. The number of carbonyl (C=O) groups is 1. The van der Waals surface area contributed by atoms with E-state index < -0.39 is 5.97 Å². The molecular formula is C10H18N4O2. The highest BCUT2D eigenvalue weighted by Crippen LogP contribution is 2.05. The van der Waals surface area contributed by atoms with Gasteiger partial charge in [-0.3, -0.25) is 4.79 Å². The fourth-order valence-electron chi connectivity index (χ4n) is 1.49. The zero-order valence-corrected chi connectivity index (χ0v) is 9.59. The molecule has 0 saturated carbocycles. The van der Waals surface area contributed by atoms with Gasteiger partial charge in [0, 0.05) is 6.42 Å². The molecule has 1 rings (SSSR count). The van der Waals surface area contributed by atoms with Crippen molar-refractivity contribution in [2.75, 3.05) is 0 Å². The number of aromatic nitrogens is 4. The summed E-state index contributed by atoms with van der Waals surface area (Å²) >= 11 is 0. The highest BCUT2D eigenvalue weighted by atomic mass is 16.4. The lowest BCUT2D eigenvalue weighted by Crippen LogP contribution is -2.09. The molecule has 0 aliphatic heterocycles. The van der Waals surface area contributed by atoms with Crippen LogP contribution in [0, 0.1) is 0 Å². The van der Waals surface area contributed by atoms with Crippen molar-refractivity contribution >= 4 is 5.97 Å². The summed E-state index contributed by atoms with van der Waals surface area (Å²) in [5.74, 6) is -0.0372. The molecule has 90 valence electrons. The van der Waals surface area contributed by atoms with Gasteiger partial charge in [0.05, 0.1) is 13.0 Å². The van der Waals surface area contributed by atoms with Gasteiger partial charge in [-0.15, -0.1) is 5.10 Å². The predicted molar refractivity (Wildman–Crippen MR) is 57.9 cm³/mol. The van der Waals surface area contributed by atoms with Gasteiger partial charge in [0.25, 0.3) is 0 Å². The smallest absolute Gasteiger partial charge is 0.305 e. The molecule has 0 saturated heterocycles. The molecule has 6 nitrogen and oxygen atoms in total. The van der Waals surface area contributed by atoms with Crippen LogP contribution in [0.4, 0.5) is 0 Å². The van der Waals surface area contributed by atoms with Crippen molar-refractivity contribution in [1.82, 2.24) is 20.2 Å². The Kier molecular flexibility index (Phi) is 5.45. The van der Waals surface area contributed by atoms with Crippen molar-refractivity contribution in [1.29, 1.82) is 0 Å². The van der Waals surface area contributed by atoms with Crippen LogP contribution in [0.5, 0.6) is 0 Å². The average Bonchev–Trinajstić information content (AvgIpc) is 2.69. The SMILES string of the molecule is CCCCCCc1nnnn1CCC(=O)O. The number of carboxylic acid groups (broad SMARTS) is 1. The first-order valence-electron chi connectivity index (χ1n) is 5.71. The molecule has 16 heavy (non-hydrogen) atoms. The number of nitrogens with zero attached hydrogens (tertiary/aromatic N) is 4. The van der Waals surface area contributed by atoms with E-state index in [-0.39, 0.29) is 6.42 Å². The van der Waals surface area contributed by atoms with Crippen molar-refractivity contribution in [3.05, 3.63) is 5.82 Å². The third kappa shape index (κ3) is 4.37. The molecule has 0 amide bonds. The Morgan fingerprint density at radius 3 is 2.88 bits per heavy atom. The van der Waals surface area contributed by atoms with Crippen LogP contribution in [0.15, 0.2) is 0 Å². The summed E-state index contributed by atoms with van der Waals surface area (Å²) in [6.07, 6.45) is 5.53. The van der Waals surface area contributed by atoms with Gasteiger partial charge in [0.1, 0.15) is 0 Å². The lowest BCUT2D eigenvalue weighted by Gasteiger charge is -2.02. The minimum atomic E-state index is -0.826. The van der Waals surface area contributed by atoms with Crippen LogP contribution < -0.4 is 0 Å². The van der Waals surface area contributed by atoms with E-state index in [1.165, 1.54) is 19.3 Å². The maximum absolute atomic E-state index is 10.4. The number of aryl methyl sites for hydroxylation is 2. The molecule has 0 radical (unpaired) electrons. The molecular weight excluding hydrogens is 208 g/mol. The van der Waals surface area contributed by atoms with Crippen LogP contribution in [0.2, 0.25) is 0 Å². The molecule has 0 unspecified atom stereocenters. The summed E-state index contributed by atoms with van der Waals surface area (Å²) in [7, 11) is 0. The van der Waals surface area contributed by atoms with Crippen molar-refractivity contribution in [3.8, 4) is 0 Å². The zero-order chi connectivity index (χ0) is 11.8. The molecule has 1 N–H and O–H groups in total. The predicted octanol–water partition coefficient (Wildman–Crippen LogP) is 1.27. The summed E-state index contributed by atoms with van der Waals surface area (Å²) in [6.45, 7) is 2.52. The number of carboxylic acids is 1. The van der Waals surface area contributed by atoms with Crippen molar-refractivity contribution in [2.45, 2.75) is 52.0 Å². The Balaban J connectivity index is 2.35. The first-order valence-corrected chi connectivity index (χ1v) is 5.71. The lowest BCUT2D eigenvalue weighted by molar-refractivity contribution is -0.137. The van der Waals surface area contributed by atoms with Gasteiger partial charge in [-0.2, -0.15) is 0 Å². The van der Waals surface area contributed by atoms with Crippen LogP contribution in [-0.2, 0) is 17.8 Å². The molecule has 1 aromatic heterocycles. The summed E-state index contributed by atoms with van der Waals surface area (Å²) in [6, 6.07) is 0. The molecule has 1 heterocycles. The number of rotatable bonds is 8. The van der Waals surface area contributed by atoms with Crippen molar-refractivity contribution < 1.29 is 9.90 Å². The summed E-state index contributed by atoms with van der Waals surface area (Å²) in [4.78, 5) is 10.4. The molecule has 1 aromatic rings. The second kappa shape index (κ2) is 6.92. The monoisotopic (exact) mass is 226 g/mol. The maximum Gasteiger partial charge on any atom is 0.305 e. The number of unbranched alkanes of at least 4 members (excludes halogenated alkanes) is 3. The van der Waals surface area contributed by atoms with Crippen LogP contribution in [0.3, 0.4) is 0 Å². The van der Waals surface area contributed by atoms with E-state index in [1.54, 1.807) is 4.68 Å². The number of aliphatic carboxylic acids is 1. The second-order valence-electron chi connectivity index (χ2n) is 3.77. The Labute approximate surface area is 94.7 Å². The van der Waals surface area contributed by atoms with Crippen LogP contribution in [0.1, 0.15) is 44.9 Å². The second-order valence-corrected chi connectivity index (χ2v) is 3.77. The van der Waals surface area contributed by atoms with Crippen molar-refractivity contribution in [2.24, 2.45) is 0 Å². The minimum Gasteiger partial charge on any atom is -0.481 e. The lowest BCUT2D eigenvalue weighted by atomic mass is 10.1.